The number of benzene rings is 3. The van der Waals surface area contributed by atoms with Crippen LogP contribution in [0.1, 0.15) is 34.5 Å². The second-order valence-corrected chi connectivity index (χ2v) is 9.15. The third kappa shape index (κ3) is 3.58. The van der Waals surface area contributed by atoms with Crippen molar-refractivity contribution < 1.29 is 34.1 Å². The van der Waals surface area contributed by atoms with Gasteiger partial charge in [0, 0.05) is 11.6 Å². The maximum absolute atomic E-state index is 13.9. The van der Waals surface area contributed by atoms with Crippen molar-refractivity contribution in [2.75, 3.05) is 12.0 Å². The van der Waals surface area contributed by atoms with Crippen LogP contribution in [-0.2, 0) is 19.9 Å². The van der Waals surface area contributed by atoms with Crippen molar-refractivity contribution in [2.24, 2.45) is 11.8 Å². The lowest BCUT2D eigenvalue weighted by molar-refractivity contribution is -0.149. The minimum absolute atomic E-state index is 0.116. The monoisotopic (exact) mass is 500 g/mol. The van der Waals surface area contributed by atoms with Crippen LogP contribution in [0.5, 0.6) is 11.5 Å². The number of rotatable bonds is 6. The highest BCUT2D eigenvalue weighted by Gasteiger charge is 2.69. The summed E-state index contributed by atoms with van der Waals surface area (Å²) >= 11 is 0. The van der Waals surface area contributed by atoms with Gasteiger partial charge in [0.05, 0.1) is 24.6 Å². The van der Waals surface area contributed by atoms with Gasteiger partial charge < -0.3 is 14.9 Å². The number of ether oxygens (including phenoxy) is 1. The molecule has 0 radical (unpaired) electrons. The van der Waals surface area contributed by atoms with E-state index in [0.29, 0.717) is 16.7 Å². The summed E-state index contributed by atoms with van der Waals surface area (Å²) in [5.41, 5.74) is -0.409. The average molecular weight is 501 g/mol. The molecule has 0 spiro atoms. The Kier molecular flexibility index (Phi) is 5.80. The molecule has 0 aromatic heterocycles. The number of carbonyl (C=O) groups is 4. The lowest BCUT2D eigenvalue weighted by Crippen LogP contribution is -2.53. The van der Waals surface area contributed by atoms with Gasteiger partial charge in [0.2, 0.25) is 11.8 Å². The van der Waals surface area contributed by atoms with Crippen LogP contribution in [0, 0.1) is 11.8 Å². The maximum atomic E-state index is 13.9. The number of amides is 2. The number of imide groups is 1. The molecule has 3 N–H and O–H groups in total. The van der Waals surface area contributed by atoms with Crippen molar-refractivity contribution in [2.45, 2.75) is 18.5 Å². The number of Topliss-reactive ketones (excluding diaryl/α,β-unsaturated/α-hetero) is 1. The molecule has 3 aromatic rings. The van der Waals surface area contributed by atoms with Crippen LogP contribution in [-0.4, -0.2) is 40.9 Å². The van der Waals surface area contributed by atoms with Gasteiger partial charge in [-0.15, -0.1) is 0 Å². The van der Waals surface area contributed by atoms with Crippen LogP contribution in [0.4, 0.5) is 5.69 Å². The summed E-state index contributed by atoms with van der Waals surface area (Å²) in [5, 5.41) is 23.8. The third-order valence-electron chi connectivity index (χ3n) is 7.22. The number of aliphatic carboxylic acids is 1. The van der Waals surface area contributed by atoms with E-state index in [4.69, 9.17) is 4.74 Å². The molecule has 4 unspecified atom stereocenters. The number of carboxylic acid groups (broad SMARTS) is 1. The van der Waals surface area contributed by atoms with E-state index in [1.165, 1.54) is 50.4 Å². The fraction of sp³-hybridized carbons (Fsp3) is 0.214. The second-order valence-electron chi connectivity index (χ2n) is 9.15. The zero-order chi connectivity index (χ0) is 26.5. The lowest BCUT2D eigenvalue weighted by Gasteiger charge is -2.31. The lowest BCUT2D eigenvalue weighted by atomic mass is 9.75. The molecule has 9 nitrogen and oxygen atoms in total. The number of fused-ring (bicyclic) bond motifs is 1. The Balaban J connectivity index is 1.69. The van der Waals surface area contributed by atoms with Crippen LogP contribution in [0.2, 0.25) is 0 Å². The van der Waals surface area contributed by atoms with Crippen molar-refractivity contribution in [1.29, 1.82) is 0 Å². The van der Waals surface area contributed by atoms with Crippen molar-refractivity contribution in [1.82, 2.24) is 5.32 Å². The number of ketones is 1. The summed E-state index contributed by atoms with van der Waals surface area (Å²) in [7, 11) is 1.38. The molecule has 0 aliphatic carbocycles. The third-order valence-corrected chi connectivity index (χ3v) is 7.22. The summed E-state index contributed by atoms with van der Waals surface area (Å²) in [6.45, 7) is 1.41. The van der Waals surface area contributed by atoms with Crippen LogP contribution < -0.4 is 15.0 Å². The van der Waals surface area contributed by atoms with Crippen molar-refractivity contribution in [3.63, 3.8) is 0 Å². The molecule has 188 valence electrons. The summed E-state index contributed by atoms with van der Waals surface area (Å²) in [6.07, 6.45) is 0. The molecule has 2 amide bonds. The van der Waals surface area contributed by atoms with Gasteiger partial charge in [-0.25, -0.2) is 9.69 Å². The molecule has 5 rings (SSSR count). The highest BCUT2D eigenvalue weighted by atomic mass is 16.5. The van der Waals surface area contributed by atoms with Gasteiger partial charge >= 0.3 is 5.97 Å². The van der Waals surface area contributed by atoms with E-state index in [2.05, 4.69) is 5.32 Å². The number of hydrogen-bond donors (Lipinski definition) is 3. The minimum Gasteiger partial charge on any atom is -0.504 e. The first-order chi connectivity index (χ1) is 17.7. The Bertz CT molecular complexity index is 1420. The normalized spacial score (nSPS) is 24.7. The Hall–Kier alpha value is -4.50. The SMILES string of the molecule is COc1cc(C2NC(C(=O)O)(c3ccccc3)C3C(=O)N(c4ccc(C(C)=O)cc4)C(=O)C23)ccc1O. The largest absolute Gasteiger partial charge is 0.504 e. The molecule has 4 atom stereocenters. The molecule has 2 heterocycles. The van der Waals surface area contributed by atoms with Gasteiger partial charge in [-0.1, -0.05) is 36.4 Å². The molecule has 0 bridgehead atoms. The smallest absolute Gasteiger partial charge is 0.329 e. The van der Waals surface area contributed by atoms with Crippen LogP contribution in [0.15, 0.2) is 72.8 Å². The van der Waals surface area contributed by atoms with E-state index >= 15 is 0 Å². The zero-order valence-electron chi connectivity index (χ0n) is 20.0. The molecule has 3 aromatic carbocycles. The molecule has 2 aliphatic rings. The van der Waals surface area contributed by atoms with Gasteiger partial charge in [0.25, 0.3) is 0 Å². The predicted molar refractivity (Wildman–Crippen MR) is 132 cm³/mol. The van der Waals surface area contributed by atoms with Gasteiger partial charge in [-0.3, -0.25) is 19.7 Å². The molecule has 37 heavy (non-hydrogen) atoms. The second kappa shape index (κ2) is 8.86. The Labute approximate surface area is 212 Å². The number of anilines is 1. The summed E-state index contributed by atoms with van der Waals surface area (Å²) < 4.78 is 5.23. The van der Waals surface area contributed by atoms with Crippen LogP contribution >= 0.6 is 0 Å². The highest BCUT2D eigenvalue weighted by molar-refractivity contribution is 6.24. The molecular weight excluding hydrogens is 476 g/mol. The first-order valence-electron chi connectivity index (χ1n) is 11.6. The number of methoxy groups -OCH3 is 1. The van der Waals surface area contributed by atoms with Crippen molar-refractivity contribution >= 4 is 29.3 Å². The van der Waals surface area contributed by atoms with Gasteiger partial charge in [0.15, 0.2) is 22.8 Å². The Morgan fingerprint density at radius 3 is 2.24 bits per heavy atom. The molecule has 2 fully saturated rings. The molecule has 0 saturated carbocycles. The molecule has 2 aliphatic heterocycles. The number of hydrogen-bond acceptors (Lipinski definition) is 7. The summed E-state index contributed by atoms with van der Waals surface area (Å²) in [6, 6.07) is 18.0. The number of nitrogens with zero attached hydrogens (tertiary/aromatic N) is 1. The minimum atomic E-state index is -1.90. The number of carboxylic acids is 1. The first kappa shape index (κ1) is 24.2. The number of aromatic hydroxyl groups is 1. The van der Waals surface area contributed by atoms with E-state index in [1.807, 2.05) is 0 Å². The Morgan fingerprint density at radius 1 is 0.973 bits per heavy atom. The van der Waals surface area contributed by atoms with Crippen molar-refractivity contribution in [3.05, 3.63) is 89.5 Å². The van der Waals surface area contributed by atoms with Gasteiger partial charge in [-0.2, -0.15) is 0 Å². The number of phenolic OH excluding ortho intramolecular Hbond substituents is 1. The number of carbonyl (C=O) groups excluding carboxylic acids is 3. The number of phenols is 1. The van der Waals surface area contributed by atoms with Gasteiger partial charge in [-0.05, 0) is 54.4 Å². The molecule has 2 saturated heterocycles. The van der Waals surface area contributed by atoms with Crippen LogP contribution in [0.25, 0.3) is 0 Å². The average Bonchev–Trinajstić information content (AvgIpc) is 3.39. The standard InChI is InChI=1S/C28H24N2O7/c1-15(31)16-8-11-19(12-9-16)30-25(33)22-23(26(30)34)28(27(35)36,18-6-4-3-5-7-18)29-24(22)17-10-13-20(32)21(14-17)37-2/h3-14,22-24,29,32H,1-2H3,(H,35,36). The topological polar surface area (TPSA) is 133 Å². The fourth-order valence-corrected chi connectivity index (χ4v) is 5.47. The molecular formula is C28H24N2O7. The molecule has 9 heteroatoms. The number of nitrogens with one attached hydrogen (secondary N) is 1. The van der Waals surface area contributed by atoms with Crippen molar-refractivity contribution in [3.8, 4) is 11.5 Å². The van der Waals surface area contributed by atoms with Crippen LogP contribution in [0.3, 0.4) is 0 Å². The first-order valence-corrected chi connectivity index (χ1v) is 11.6. The van der Waals surface area contributed by atoms with E-state index in [-0.39, 0.29) is 23.0 Å². The Morgan fingerprint density at radius 2 is 1.65 bits per heavy atom. The van der Waals surface area contributed by atoms with E-state index in [0.717, 1.165) is 4.90 Å². The summed E-state index contributed by atoms with van der Waals surface area (Å²) in [4.78, 5) is 53.5. The van der Waals surface area contributed by atoms with Gasteiger partial charge in [0.1, 0.15) is 0 Å². The van der Waals surface area contributed by atoms with E-state index in [9.17, 15) is 29.4 Å². The van der Waals surface area contributed by atoms with E-state index < -0.39 is 41.2 Å². The quantitative estimate of drug-likeness (QED) is 0.348. The highest BCUT2D eigenvalue weighted by Crippen LogP contribution is 2.54. The zero-order valence-corrected chi connectivity index (χ0v) is 20.0. The fourth-order valence-electron chi connectivity index (χ4n) is 5.47. The maximum Gasteiger partial charge on any atom is 0.329 e. The van der Waals surface area contributed by atoms with E-state index in [1.54, 1.807) is 36.4 Å². The predicted octanol–water partition coefficient (Wildman–Crippen LogP) is 3.03. The summed E-state index contributed by atoms with van der Waals surface area (Å²) in [5.74, 6) is -4.97.